The Kier molecular flexibility index (Phi) is 4.17. The minimum Gasteiger partial charge on any atom is -0.393 e. The first-order valence-corrected chi connectivity index (χ1v) is 6.21. The molecule has 0 saturated carbocycles. The molecule has 0 aliphatic carbocycles. The quantitative estimate of drug-likeness (QED) is 0.744. The molecule has 1 aliphatic heterocycles. The van der Waals surface area contributed by atoms with E-state index in [2.05, 4.69) is 10.7 Å². The third-order valence-electron chi connectivity index (χ3n) is 3.03. The topological polar surface area (TPSA) is 64.6 Å². The van der Waals surface area contributed by atoms with Crippen molar-refractivity contribution in [1.82, 2.24) is 10.4 Å². The molecule has 2 amide bonds. The van der Waals surface area contributed by atoms with Crippen LogP contribution < -0.4 is 10.7 Å². The van der Waals surface area contributed by atoms with Crippen LogP contribution in [-0.4, -0.2) is 35.3 Å². The molecule has 0 bridgehead atoms. The maximum absolute atomic E-state index is 11.7. The molecule has 1 aromatic rings. The Labute approximate surface area is 107 Å². The number of benzene rings is 1. The molecule has 0 spiro atoms. The van der Waals surface area contributed by atoms with Crippen LogP contribution in [0.5, 0.6) is 0 Å². The average Bonchev–Trinajstić information content (AvgIpc) is 2.35. The zero-order valence-electron chi connectivity index (χ0n) is 10.5. The lowest BCUT2D eigenvalue weighted by atomic mass is 10.1. The Balaban J connectivity index is 1.80. The molecule has 5 nitrogen and oxygen atoms in total. The molecular formula is C13H19N3O2. The van der Waals surface area contributed by atoms with Gasteiger partial charge in [0.25, 0.3) is 0 Å². The van der Waals surface area contributed by atoms with E-state index in [1.54, 1.807) is 0 Å². The van der Waals surface area contributed by atoms with Crippen molar-refractivity contribution in [2.45, 2.75) is 25.9 Å². The van der Waals surface area contributed by atoms with Gasteiger partial charge in [-0.1, -0.05) is 17.7 Å². The summed E-state index contributed by atoms with van der Waals surface area (Å²) >= 11 is 0. The van der Waals surface area contributed by atoms with Crippen molar-refractivity contribution in [3.05, 3.63) is 29.8 Å². The average molecular weight is 249 g/mol. The number of amides is 2. The number of aryl methyl sites for hydroxylation is 1. The number of hydrogen-bond donors (Lipinski definition) is 3. The van der Waals surface area contributed by atoms with Gasteiger partial charge in [-0.2, -0.15) is 0 Å². The van der Waals surface area contributed by atoms with Gasteiger partial charge in [-0.25, -0.2) is 9.80 Å². The molecule has 0 atom stereocenters. The number of aliphatic hydroxyl groups excluding tert-OH is 1. The standard InChI is InChI=1S/C13H19N3O2/c1-10-2-4-11(5-3-10)14-13(18)15-16-8-6-12(17)7-9-16/h2-5,12,17H,6-9H2,1H3,(H2,14,15,18). The van der Waals surface area contributed by atoms with Crippen molar-refractivity contribution in [2.75, 3.05) is 18.4 Å². The minimum atomic E-state index is -0.241. The molecule has 1 aromatic carbocycles. The Morgan fingerprint density at radius 1 is 1.28 bits per heavy atom. The molecule has 1 aliphatic rings. The van der Waals surface area contributed by atoms with Gasteiger partial charge in [-0.05, 0) is 31.9 Å². The molecule has 1 heterocycles. The normalized spacial score (nSPS) is 17.4. The molecule has 5 heteroatoms. The lowest BCUT2D eigenvalue weighted by Gasteiger charge is -2.29. The summed E-state index contributed by atoms with van der Waals surface area (Å²) in [7, 11) is 0. The molecule has 0 aromatic heterocycles. The number of hydrogen-bond acceptors (Lipinski definition) is 3. The van der Waals surface area contributed by atoms with E-state index >= 15 is 0 Å². The van der Waals surface area contributed by atoms with Gasteiger partial charge in [0.2, 0.25) is 0 Å². The van der Waals surface area contributed by atoms with Crippen LogP contribution in [0.2, 0.25) is 0 Å². The molecule has 1 saturated heterocycles. The van der Waals surface area contributed by atoms with E-state index in [1.807, 2.05) is 36.2 Å². The highest BCUT2D eigenvalue weighted by Crippen LogP contribution is 2.10. The van der Waals surface area contributed by atoms with Gasteiger partial charge in [0, 0.05) is 18.8 Å². The smallest absolute Gasteiger partial charge is 0.333 e. The van der Waals surface area contributed by atoms with E-state index in [0.29, 0.717) is 25.9 Å². The monoisotopic (exact) mass is 249 g/mol. The van der Waals surface area contributed by atoms with Crippen LogP contribution in [0, 0.1) is 6.92 Å². The van der Waals surface area contributed by atoms with Gasteiger partial charge >= 0.3 is 6.03 Å². The fraction of sp³-hybridized carbons (Fsp3) is 0.462. The molecule has 18 heavy (non-hydrogen) atoms. The van der Waals surface area contributed by atoms with Crippen LogP contribution in [0.25, 0.3) is 0 Å². The second-order valence-corrected chi connectivity index (χ2v) is 4.65. The molecule has 1 fully saturated rings. The van der Waals surface area contributed by atoms with Crippen LogP contribution in [0.3, 0.4) is 0 Å². The highest BCUT2D eigenvalue weighted by molar-refractivity contribution is 5.88. The number of carbonyl (C=O) groups excluding carboxylic acids is 1. The van der Waals surface area contributed by atoms with Crippen LogP contribution in [0.1, 0.15) is 18.4 Å². The van der Waals surface area contributed by atoms with Crippen molar-refractivity contribution in [1.29, 1.82) is 0 Å². The fourth-order valence-corrected chi connectivity index (χ4v) is 1.92. The summed E-state index contributed by atoms with van der Waals surface area (Å²) in [6.07, 6.45) is 1.17. The molecule has 0 unspecified atom stereocenters. The van der Waals surface area contributed by atoms with E-state index < -0.39 is 0 Å². The van der Waals surface area contributed by atoms with Gasteiger partial charge < -0.3 is 10.4 Å². The number of rotatable bonds is 2. The third-order valence-corrected chi connectivity index (χ3v) is 3.03. The zero-order valence-corrected chi connectivity index (χ0v) is 10.5. The van der Waals surface area contributed by atoms with Gasteiger partial charge in [-0.15, -0.1) is 0 Å². The van der Waals surface area contributed by atoms with E-state index in [0.717, 1.165) is 11.3 Å². The predicted octanol–water partition coefficient (Wildman–Crippen LogP) is 1.49. The second-order valence-electron chi connectivity index (χ2n) is 4.65. The highest BCUT2D eigenvalue weighted by atomic mass is 16.3. The fourth-order valence-electron chi connectivity index (χ4n) is 1.92. The first-order valence-electron chi connectivity index (χ1n) is 6.21. The number of urea groups is 1. The maximum atomic E-state index is 11.7. The molecule has 3 N–H and O–H groups in total. The van der Waals surface area contributed by atoms with Crippen LogP contribution in [0.4, 0.5) is 10.5 Å². The molecule has 0 radical (unpaired) electrons. The molecule has 98 valence electrons. The largest absolute Gasteiger partial charge is 0.393 e. The summed E-state index contributed by atoms with van der Waals surface area (Å²) in [6.45, 7) is 3.37. The van der Waals surface area contributed by atoms with E-state index in [1.165, 1.54) is 0 Å². The predicted molar refractivity (Wildman–Crippen MR) is 70.1 cm³/mol. The first-order chi connectivity index (χ1) is 8.63. The number of hydrazine groups is 1. The highest BCUT2D eigenvalue weighted by Gasteiger charge is 2.18. The van der Waals surface area contributed by atoms with Crippen molar-refractivity contribution >= 4 is 11.7 Å². The number of aliphatic hydroxyl groups is 1. The number of piperidine rings is 1. The minimum absolute atomic E-state index is 0.233. The third kappa shape index (κ3) is 3.72. The van der Waals surface area contributed by atoms with E-state index in [-0.39, 0.29) is 12.1 Å². The Morgan fingerprint density at radius 2 is 1.89 bits per heavy atom. The van der Waals surface area contributed by atoms with Gasteiger partial charge in [0.1, 0.15) is 0 Å². The van der Waals surface area contributed by atoms with Gasteiger partial charge in [0.05, 0.1) is 6.10 Å². The Hall–Kier alpha value is -1.59. The van der Waals surface area contributed by atoms with Crippen LogP contribution in [-0.2, 0) is 0 Å². The van der Waals surface area contributed by atoms with Crippen molar-refractivity contribution in [3.63, 3.8) is 0 Å². The summed E-state index contributed by atoms with van der Waals surface area (Å²) in [5.41, 5.74) is 4.71. The Bertz CT molecular complexity index is 397. The zero-order chi connectivity index (χ0) is 13.0. The van der Waals surface area contributed by atoms with E-state index in [9.17, 15) is 9.90 Å². The summed E-state index contributed by atoms with van der Waals surface area (Å²) < 4.78 is 0. The number of anilines is 1. The lowest BCUT2D eigenvalue weighted by molar-refractivity contribution is 0.0644. The SMILES string of the molecule is Cc1ccc(NC(=O)NN2CCC(O)CC2)cc1. The van der Waals surface area contributed by atoms with Crippen molar-refractivity contribution in [3.8, 4) is 0 Å². The number of nitrogens with one attached hydrogen (secondary N) is 2. The van der Waals surface area contributed by atoms with E-state index in [4.69, 9.17) is 0 Å². The second kappa shape index (κ2) is 5.84. The lowest BCUT2D eigenvalue weighted by Crippen LogP contribution is -2.49. The van der Waals surface area contributed by atoms with Gasteiger partial charge in [0.15, 0.2) is 0 Å². The first kappa shape index (κ1) is 12.9. The summed E-state index contributed by atoms with van der Waals surface area (Å²) in [5, 5.41) is 14.0. The number of nitrogens with zero attached hydrogens (tertiary/aromatic N) is 1. The van der Waals surface area contributed by atoms with Crippen molar-refractivity contribution in [2.24, 2.45) is 0 Å². The summed E-state index contributed by atoms with van der Waals surface area (Å²) in [5.74, 6) is 0. The van der Waals surface area contributed by atoms with Crippen LogP contribution in [0.15, 0.2) is 24.3 Å². The van der Waals surface area contributed by atoms with Crippen molar-refractivity contribution < 1.29 is 9.90 Å². The Morgan fingerprint density at radius 3 is 2.50 bits per heavy atom. The molecule has 2 rings (SSSR count). The maximum Gasteiger partial charge on any atom is 0.333 e. The van der Waals surface area contributed by atoms with Crippen LogP contribution >= 0.6 is 0 Å². The molecular weight excluding hydrogens is 230 g/mol. The summed E-state index contributed by atoms with van der Waals surface area (Å²) in [4.78, 5) is 11.7. The number of carbonyl (C=O) groups is 1. The summed E-state index contributed by atoms with van der Waals surface area (Å²) in [6, 6.07) is 7.40. The van der Waals surface area contributed by atoms with Gasteiger partial charge in [-0.3, -0.25) is 5.43 Å².